The number of amides is 2. The number of thiazole rings is 1. The normalized spacial score (nSPS) is 13.3. The lowest BCUT2D eigenvalue weighted by molar-refractivity contribution is -0.114. The van der Waals surface area contributed by atoms with Gasteiger partial charge in [-0.3, -0.25) is 15.1 Å². The quantitative estimate of drug-likeness (QED) is 0.203. The molecule has 42 heavy (non-hydrogen) atoms. The van der Waals surface area contributed by atoms with E-state index in [1.54, 1.807) is 11.7 Å². The molecule has 4 aromatic rings. The molecule has 224 valence electrons. The summed E-state index contributed by atoms with van der Waals surface area (Å²) in [6.07, 6.45) is -0.189. The van der Waals surface area contributed by atoms with Crippen LogP contribution in [0.1, 0.15) is 31.2 Å². The second kappa shape index (κ2) is 13.9. The highest BCUT2D eigenvalue weighted by Crippen LogP contribution is 2.25. The SMILES string of the molecule is CC(=O)Nc1nc2ccc(S(=O)(=O)N(CC(C)C)CC(O)C(Cc3ccccc3)NC(=O)OCc3cncs3)cc2o1. The van der Waals surface area contributed by atoms with Crippen LogP contribution in [0.2, 0.25) is 0 Å². The fourth-order valence-corrected chi connectivity index (χ4v) is 6.37. The molecule has 2 unspecified atom stereocenters. The van der Waals surface area contributed by atoms with Gasteiger partial charge in [0.05, 0.1) is 27.4 Å². The molecule has 4 rings (SSSR count). The van der Waals surface area contributed by atoms with Crippen molar-refractivity contribution >= 4 is 50.5 Å². The van der Waals surface area contributed by atoms with Crippen LogP contribution in [0.15, 0.2) is 69.6 Å². The molecule has 0 aliphatic heterocycles. The lowest BCUT2D eigenvalue weighted by atomic mass is 10.0. The van der Waals surface area contributed by atoms with Gasteiger partial charge in [0.2, 0.25) is 15.9 Å². The smallest absolute Gasteiger partial charge is 0.407 e. The number of benzene rings is 2. The Balaban J connectivity index is 1.56. The van der Waals surface area contributed by atoms with Crippen LogP contribution in [0.25, 0.3) is 11.1 Å². The third-order valence-electron chi connectivity index (χ3n) is 6.14. The molecule has 0 bridgehead atoms. The van der Waals surface area contributed by atoms with Crippen molar-refractivity contribution in [2.75, 3.05) is 18.4 Å². The molecule has 0 spiro atoms. The molecule has 0 aliphatic carbocycles. The maximum Gasteiger partial charge on any atom is 0.407 e. The highest BCUT2D eigenvalue weighted by atomic mass is 32.2. The van der Waals surface area contributed by atoms with Crippen LogP contribution < -0.4 is 10.6 Å². The number of rotatable bonds is 13. The number of carbonyl (C=O) groups is 2. The minimum atomic E-state index is -4.12. The maximum absolute atomic E-state index is 13.8. The number of nitrogens with zero attached hydrogens (tertiary/aromatic N) is 3. The van der Waals surface area contributed by atoms with Crippen LogP contribution in [0.4, 0.5) is 10.8 Å². The summed E-state index contributed by atoms with van der Waals surface area (Å²) in [5.74, 6) is -0.449. The van der Waals surface area contributed by atoms with E-state index in [1.807, 2.05) is 44.2 Å². The van der Waals surface area contributed by atoms with Crippen molar-refractivity contribution in [2.45, 2.75) is 50.8 Å². The molecule has 0 fully saturated rings. The number of aliphatic hydroxyl groups excluding tert-OH is 1. The molecule has 0 saturated carbocycles. The molecule has 12 nitrogen and oxygen atoms in total. The monoisotopic (exact) mass is 615 g/mol. The summed E-state index contributed by atoms with van der Waals surface area (Å²) < 4.78 is 39.7. The van der Waals surface area contributed by atoms with Crippen molar-refractivity contribution in [3.05, 3.63) is 70.7 Å². The molecule has 0 radical (unpaired) electrons. The second-order valence-electron chi connectivity index (χ2n) is 10.1. The van der Waals surface area contributed by atoms with E-state index in [-0.39, 0.29) is 54.4 Å². The van der Waals surface area contributed by atoms with Gasteiger partial charge < -0.3 is 19.6 Å². The average molecular weight is 616 g/mol. The number of ether oxygens (including phenoxy) is 1. The molecule has 2 aromatic heterocycles. The Kier molecular flexibility index (Phi) is 10.3. The predicted octanol–water partition coefficient (Wildman–Crippen LogP) is 3.79. The van der Waals surface area contributed by atoms with Crippen LogP contribution in [0, 0.1) is 5.92 Å². The van der Waals surface area contributed by atoms with E-state index in [0.717, 1.165) is 10.4 Å². The van der Waals surface area contributed by atoms with Gasteiger partial charge in [-0.25, -0.2) is 13.2 Å². The predicted molar refractivity (Wildman–Crippen MR) is 157 cm³/mol. The second-order valence-corrected chi connectivity index (χ2v) is 13.0. The fraction of sp³-hybridized carbons (Fsp3) is 0.357. The number of hydrogen-bond acceptors (Lipinski definition) is 10. The lowest BCUT2D eigenvalue weighted by Crippen LogP contribution is -2.51. The van der Waals surface area contributed by atoms with Gasteiger partial charge in [-0.05, 0) is 30.0 Å². The van der Waals surface area contributed by atoms with E-state index in [4.69, 9.17) is 9.15 Å². The van der Waals surface area contributed by atoms with Crippen molar-refractivity contribution in [2.24, 2.45) is 5.92 Å². The Bertz CT molecular complexity index is 1590. The minimum absolute atomic E-state index is 0.0201. The van der Waals surface area contributed by atoms with Crippen LogP contribution in [-0.2, 0) is 32.6 Å². The standard InChI is InChI=1S/C28H33N5O7S2/c1-18(2)14-33(42(37,38)22-9-10-23-26(12-22)40-27(31-23)30-19(3)34)15-25(35)24(11-20-7-5-4-6-8-20)32-28(36)39-16-21-13-29-17-41-21/h4-10,12-13,17-18,24-25,35H,11,14-16H2,1-3H3,(H,32,36)(H,30,31,34). The zero-order valence-corrected chi connectivity index (χ0v) is 25.0. The molecule has 14 heteroatoms. The van der Waals surface area contributed by atoms with Gasteiger partial charge in [0.15, 0.2) is 5.58 Å². The fourth-order valence-electron chi connectivity index (χ4n) is 4.23. The number of fused-ring (bicyclic) bond motifs is 1. The van der Waals surface area contributed by atoms with Crippen LogP contribution in [0.3, 0.4) is 0 Å². The Morgan fingerprint density at radius 2 is 1.90 bits per heavy atom. The van der Waals surface area contributed by atoms with Gasteiger partial charge in [-0.2, -0.15) is 9.29 Å². The van der Waals surface area contributed by atoms with Gasteiger partial charge in [0.1, 0.15) is 12.1 Å². The highest BCUT2D eigenvalue weighted by Gasteiger charge is 2.32. The number of aliphatic hydroxyl groups is 1. The first-order valence-electron chi connectivity index (χ1n) is 13.2. The molecule has 0 saturated heterocycles. The number of alkyl carbamates (subject to hydrolysis) is 1. The van der Waals surface area contributed by atoms with Crippen molar-refractivity contribution < 1.29 is 32.3 Å². The van der Waals surface area contributed by atoms with Gasteiger partial charge >= 0.3 is 12.1 Å². The van der Waals surface area contributed by atoms with Crippen LogP contribution >= 0.6 is 11.3 Å². The molecular weight excluding hydrogens is 582 g/mol. The highest BCUT2D eigenvalue weighted by molar-refractivity contribution is 7.89. The number of hydrogen-bond donors (Lipinski definition) is 3. The lowest BCUT2D eigenvalue weighted by Gasteiger charge is -2.30. The summed E-state index contributed by atoms with van der Waals surface area (Å²) in [5.41, 5.74) is 3.02. The summed E-state index contributed by atoms with van der Waals surface area (Å²) >= 11 is 1.34. The van der Waals surface area contributed by atoms with E-state index in [2.05, 4.69) is 20.6 Å². The number of nitrogens with one attached hydrogen (secondary N) is 2. The summed E-state index contributed by atoms with van der Waals surface area (Å²) in [7, 11) is -4.12. The summed E-state index contributed by atoms with van der Waals surface area (Å²) in [6, 6.07) is 12.6. The number of carbonyl (C=O) groups excluding carboxylic acids is 2. The van der Waals surface area contributed by atoms with Crippen molar-refractivity contribution in [3.63, 3.8) is 0 Å². The molecule has 2 amide bonds. The Hall–Kier alpha value is -3.85. The molecule has 0 aliphatic rings. The molecule has 2 aromatic carbocycles. The van der Waals surface area contributed by atoms with Crippen molar-refractivity contribution in [1.29, 1.82) is 0 Å². The van der Waals surface area contributed by atoms with E-state index in [9.17, 15) is 23.1 Å². The topological polar surface area (TPSA) is 164 Å². The van der Waals surface area contributed by atoms with E-state index in [1.165, 1.54) is 40.8 Å². The van der Waals surface area contributed by atoms with Gasteiger partial charge in [-0.15, -0.1) is 11.3 Å². The molecule has 2 atom stereocenters. The average Bonchev–Trinajstić information content (AvgIpc) is 3.60. The summed E-state index contributed by atoms with van der Waals surface area (Å²) in [6.45, 7) is 4.88. The Morgan fingerprint density at radius 3 is 2.57 bits per heavy atom. The number of anilines is 1. The molecule has 2 heterocycles. The maximum atomic E-state index is 13.8. The zero-order valence-electron chi connectivity index (χ0n) is 23.4. The van der Waals surface area contributed by atoms with Gasteiger partial charge in [0, 0.05) is 32.3 Å². The minimum Gasteiger partial charge on any atom is -0.444 e. The Labute approximate surface area is 247 Å². The summed E-state index contributed by atoms with van der Waals surface area (Å²) in [4.78, 5) is 32.8. The Morgan fingerprint density at radius 1 is 1.14 bits per heavy atom. The van der Waals surface area contributed by atoms with Crippen molar-refractivity contribution in [1.82, 2.24) is 19.6 Å². The zero-order chi connectivity index (χ0) is 30.3. The number of sulfonamides is 1. The first kappa shape index (κ1) is 31.1. The largest absolute Gasteiger partial charge is 0.444 e. The van der Waals surface area contributed by atoms with E-state index in [0.29, 0.717) is 5.52 Å². The van der Waals surface area contributed by atoms with Gasteiger partial charge in [-0.1, -0.05) is 44.2 Å². The molecular formula is C28H33N5O7S2. The van der Waals surface area contributed by atoms with Crippen LogP contribution in [0.5, 0.6) is 0 Å². The number of aromatic nitrogens is 2. The third-order valence-corrected chi connectivity index (χ3v) is 8.72. The first-order valence-corrected chi connectivity index (χ1v) is 15.5. The number of oxazole rings is 1. The first-order chi connectivity index (χ1) is 20.0. The van der Waals surface area contributed by atoms with Crippen LogP contribution in [-0.4, -0.2) is 65.0 Å². The van der Waals surface area contributed by atoms with E-state index < -0.39 is 28.3 Å². The molecule has 3 N–H and O–H groups in total. The van der Waals surface area contributed by atoms with Crippen molar-refractivity contribution in [3.8, 4) is 0 Å². The van der Waals surface area contributed by atoms with Gasteiger partial charge in [0.25, 0.3) is 0 Å². The summed E-state index contributed by atoms with van der Waals surface area (Å²) in [5, 5.41) is 16.5. The third kappa shape index (κ3) is 8.35. The van der Waals surface area contributed by atoms with E-state index >= 15 is 0 Å².